The first-order chi connectivity index (χ1) is 8.66. The van der Waals surface area contributed by atoms with Crippen molar-refractivity contribution in [3.8, 4) is 0 Å². The smallest absolute Gasteiger partial charge is 0.0109 e. The van der Waals surface area contributed by atoms with Crippen molar-refractivity contribution in [1.82, 2.24) is 0 Å². The Morgan fingerprint density at radius 2 is 1.61 bits per heavy atom. The summed E-state index contributed by atoms with van der Waals surface area (Å²) in [6, 6.07) is 19.0. The van der Waals surface area contributed by atoms with Gasteiger partial charge in [-0.1, -0.05) is 78.4 Å². The highest BCUT2D eigenvalue weighted by Gasteiger charge is 2.04. The molecule has 0 amide bonds. The van der Waals surface area contributed by atoms with E-state index in [1.54, 1.807) is 0 Å². The van der Waals surface area contributed by atoms with Crippen molar-refractivity contribution in [2.24, 2.45) is 0 Å². The van der Waals surface area contributed by atoms with Gasteiger partial charge in [-0.15, -0.1) is 0 Å². The molecule has 0 unspecified atom stereocenters. The molecule has 0 aromatic heterocycles. The first-order valence-corrected chi connectivity index (χ1v) is 6.16. The molecule has 90 valence electrons. The normalized spacial score (nSPS) is 11.3. The van der Waals surface area contributed by atoms with E-state index in [2.05, 4.69) is 68.1 Å². The van der Waals surface area contributed by atoms with E-state index in [1.165, 1.54) is 22.3 Å². The maximum absolute atomic E-state index is 3.99. The van der Waals surface area contributed by atoms with Crippen LogP contribution in [0.5, 0.6) is 0 Å². The van der Waals surface area contributed by atoms with Gasteiger partial charge in [0.2, 0.25) is 0 Å². The van der Waals surface area contributed by atoms with Gasteiger partial charge >= 0.3 is 0 Å². The summed E-state index contributed by atoms with van der Waals surface area (Å²) in [7, 11) is 0. The van der Waals surface area contributed by atoms with Crippen molar-refractivity contribution in [2.75, 3.05) is 0 Å². The van der Waals surface area contributed by atoms with E-state index in [0.717, 1.165) is 5.57 Å². The third kappa shape index (κ3) is 2.98. The zero-order chi connectivity index (χ0) is 13.0. The summed E-state index contributed by atoms with van der Waals surface area (Å²) in [6.45, 7) is 8.14. The molecular formula is C18H18. The van der Waals surface area contributed by atoms with Crippen LogP contribution in [0.2, 0.25) is 0 Å². The fourth-order valence-electron chi connectivity index (χ4n) is 2.01. The largest absolute Gasteiger partial charge is 0.0961 e. The van der Waals surface area contributed by atoms with Crippen molar-refractivity contribution in [3.05, 3.63) is 89.5 Å². The molecule has 2 aromatic rings. The maximum atomic E-state index is 3.99. The Bertz CT molecular complexity index is 574. The van der Waals surface area contributed by atoms with Gasteiger partial charge in [-0.3, -0.25) is 0 Å². The molecule has 0 heteroatoms. The maximum Gasteiger partial charge on any atom is -0.0109 e. The van der Waals surface area contributed by atoms with Crippen LogP contribution in [0.4, 0.5) is 0 Å². The number of hydrogen-bond acceptors (Lipinski definition) is 0. The molecule has 0 saturated carbocycles. The molecule has 0 aliphatic heterocycles. The molecule has 0 aliphatic rings. The average Bonchev–Trinajstić information content (AvgIpc) is 2.37. The molecule has 0 heterocycles. The van der Waals surface area contributed by atoms with Crippen LogP contribution < -0.4 is 0 Å². The molecule has 0 aliphatic carbocycles. The Hall–Kier alpha value is -2.08. The van der Waals surface area contributed by atoms with Crippen LogP contribution in [-0.4, -0.2) is 0 Å². The predicted octanol–water partition coefficient (Wildman–Crippen LogP) is 5.00. The van der Waals surface area contributed by atoms with Crippen LogP contribution in [0, 0.1) is 6.92 Å². The quantitative estimate of drug-likeness (QED) is 0.655. The van der Waals surface area contributed by atoms with E-state index in [-0.39, 0.29) is 0 Å². The van der Waals surface area contributed by atoms with Gasteiger partial charge in [0.05, 0.1) is 0 Å². The van der Waals surface area contributed by atoms with Crippen LogP contribution >= 0.6 is 0 Å². The summed E-state index contributed by atoms with van der Waals surface area (Å²) in [6.07, 6.45) is 2.14. The molecule has 0 radical (unpaired) electrons. The van der Waals surface area contributed by atoms with Crippen molar-refractivity contribution >= 4 is 5.57 Å². The minimum atomic E-state index is 1.07. The molecule has 0 atom stereocenters. The Labute approximate surface area is 109 Å². The molecule has 0 saturated heterocycles. The summed E-state index contributed by atoms with van der Waals surface area (Å²) < 4.78 is 0. The third-order valence-corrected chi connectivity index (χ3v) is 2.80. The van der Waals surface area contributed by atoms with Gasteiger partial charge in [0.1, 0.15) is 0 Å². The van der Waals surface area contributed by atoms with E-state index < -0.39 is 0 Å². The number of allylic oxidation sites excluding steroid dienone is 2. The zero-order valence-electron chi connectivity index (χ0n) is 11.0. The minimum Gasteiger partial charge on any atom is -0.0961 e. The van der Waals surface area contributed by atoms with Crippen molar-refractivity contribution in [1.29, 1.82) is 0 Å². The van der Waals surface area contributed by atoms with E-state index in [0.29, 0.717) is 0 Å². The van der Waals surface area contributed by atoms with E-state index in [9.17, 15) is 0 Å². The highest BCUT2D eigenvalue weighted by Crippen LogP contribution is 2.25. The number of rotatable bonds is 3. The second kappa shape index (κ2) is 5.50. The lowest BCUT2D eigenvalue weighted by atomic mass is 9.95. The van der Waals surface area contributed by atoms with Gasteiger partial charge < -0.3 is 0 Å². The molecule has 0 bridgehead atoms. The Kier molecular flexibility index (Phi) is 3.78. The van der Waals surface area contributed by atoms with Crippen LogP contribution in [0.15, 0.2) is 72.8 Å². The SMILES string of the molecule is C=C(C)/C=C(\c1ccccc1)c1cccc(C)c1. The lowest BCUT2D eigenvalue weighted by molar-refractivity contribution is 1.43. The summed E-state index contributed by atoms with van der Waals surface area (Å²) in [5, 5.41) is 0. The van der Waals surface area contributed by atoms with Crippen LogP contribution in [0.3, 0.4) is 0 Å². The Balaban J connectivity index is 2.54. The zero-order valence-corrected chi connectivity index (χ0v) is 11.0. The lowest BCUT2D eigenvalue weighted by Crippen LogP contribution is -1.89. The summed E-state index contributed by atoms with van der Waals surface area (Å²) in [5.74, 6) is 0. The Morgan fingerprint density at radius 3 is 2.22 bits per heavy atom. The lowest BCUT2D eigenvalue weighted by Gasteiger charge is -2.09. The number of aryl methyl sites for hydroxylation is 1. The highest BCUT2D eigenvalue weighted by atomic mass is 14.1. The first kappa shape index (κ1) is 12.4. The van der Waals surface area contributed by atoms with Crippen molar-refractivity contribution < 1.29 is 0 Å². The second-order valence-corrected chi connectivity index (χ2v) is 4.64. The minimum absolute atomic E-state index is 1.07. The summed E-state index contributed by atoms with van der Waals surface area (Å²) in [5.41, 5.74) is 6.04. The van der Waals surface area contributed by atoms with Gasteiger partial charge in [-0.25, -0.2) is 0 Å². The average molecular weight is 234 g/mol. The van der Waals surface area contributed by atoms with Gasteiger partial charge in [0.15, 0.2) is 0 Å². The van der Waals surface area contributed by atoms with Crippen LogP contribution in [-0.2, 0) is 0 Å². The van der Waals surface area contributed by atoms with Gasteiger partial charge in [0, 0.05) is 0 Å². The van der Waals surface area contributed by atoms with E-state index in [4.69, 9.17) is 0 Å². The standard InChI is InChI=1S/C18H18/c1-14(2)12-18(16-9-5-4-6-10-16)17-11-7-8-15(3)13-17/h4-13H,1H2,2-3H3/b18-12+. The molecule has 0 nitrogen and oxygen atoms in total. The molecule has 0 spiro atoms. The fourth-order valence-corrected chi connectivity index (χ4v) is 2.01. The topological polar surface area (TPSA) is 0 Å². The predicted molar refractivity (Wildman–Crippen MR) is 79.5 cm³/mol. The van der Waals surface area contributed by atoms with Crippen molar-refractivity contribution in [2.45, 2.75) is 13.8 Å². The van der Waals surface area contributed by atoms with Gasteiger partial charge in [0.25, 0.3) is 0 Å². The number of hydrogen-bond donors (Lipinski definition) is 0. The molecular weight excluding hydrogens is 216 g/mol. The molecule has 2 aromatic carbocycles. The monoisotopic (exact) mass is 234 g/mol. The Morgan fingerprint density at radius 1 is 0.944 bits per heavy atom. The molecule has 18 heavy (non-hydrogen) atoms. The molecule has 0 fully saturated rings. The molecule has 0 N–H and O–H groups in total. The van der Waals surface area contributed by atoms with E-state index in [1.807, 2.05) is 13.0 Å². The fraction of sp³-hybridized carbons (Fsp3) is 0.111. The summed E-state index contributed by atoms with van der Waals surface area (Å²) in [4.78, 5) is 0. The first-order valence-electron chi connectivity index (χ1n) is 6.16. The van der Waals surface area contributed by atoms with Crippen LogP contribution in [0.1, 0.15) is 23.6 Å². The highest BCUT2D eigenvalue weighted by molar-refractivity contribution is 5.81. The third-order valence-electron chi connectivity index (χ3n) is 2.80. The van der Waals surface area contributed by atoms with Crippen LogP contribution in [0.25, 0.3) is 5.57 Å². The number of benzene rings is 2. The van der Waals surface area contributed by atoms with E-state index >= 15 is 0 Å². The van der Waals surface area contributed by atoms with Crippen molar-refractivity contribution in [3.63, 3.8) is 0 Å². The van der Waals surface area contributed by atoms with Gasteiger partial charge in [-0.05, 0) is 30.5 Å². The molecule has 2 rings (SSSR count). The second-order valence-electron chi connectivity index (χ2n) is 4.64. The summed E-state index contributed by atoms with van der Waals surface area (Å²) >= 11 is 0. The van der Waals surface area contributed by atoms with Gasteiger partial charge in [-0.2, -0.15) is 0 Å².